The lowest BCUT2D eigenvalue weighted by molar-refractivity contribution is -0.124. The predicted molar refractivity (Wildman–Crippen MR) is 60.2 cm³/mol. The van der Waals surface area contributed by atoms with Crippen molar-refractivity contribution in [2.45, 2.75) is 41.0 Å². The van der Waals surface area contributed by atoms with Crippen molar-refractivity contribution in [3.8, 4) is 0 Å². The summed E-state index contributed by atoms with van der Waals surface area (Å²) in [6, 6.07) is 0. The van der Waals surface area contributed by atoms with E-state index in [9.17, 15) is 4.79 Å². The van der Waals surface area contributed by atoms with Crippen LogP contribution in [0.25, 0.3) is 0 Å². The Morgan fingerprint density at radius 3 is 2.53 bits per heavy atom. The number of allylic oxidation sites excluding steroid dienone is 2. The Kier molecular flexibility index (Phi) is 3.03. The highest BCUT2D eigenvalue weighted by atomic mass is 16.4. The second-order valence-electron chi connectivity index (χ2n) is 5.06. The van der Waals surface area contributed by atoms with Crippen molar-refractivity contribution in [1.82, 2.24) is 0 Å². The zero-order valence-electron chi connectivity index (χ0n) is 10.1. The van der Waals surface area contributed by atoms with E-state index in [1.807, 2.05) is 20.8 Å². The SMILES string of the molecule is CC1=C(/C(C)=N\O)C(=O)C(C)(C)CC1C. The van der Waals surface area contributed by atoms with Crippen LogP contribution in [0.15, 0.2) is 16.3 Å². The summed E-state index contributed by atoms with van der Waals surface area (Å²) in [5.41, 5.74) is 1.73. The standard InChI is InChI=1S/C12H19NO2/c1-7-6-12(4,5)11(14)10(8(7)2)9(3)13-15/h7,15H,6H2,1-5H3/b13-9-. The Labute approximate surface area is 90.9 Å². The molecule has 0 saturated heterocycles. The fourth-order valence-electron chi connectivity index (χ4n) is 2.27. The van der Waals surface area contributed by atoms with E-state index in [1.165, 1.54) is 0 Å². The number of rotatable bonds is 1. The number of carbonyl (C=O) groups is 1. The molecule has 84 valence electrons. The Morgan fingerprint density at radius 2 is 2.07 bits per heavy atom. The van der Waals surface area contributed by atoms with Crippen molar-refractivity contribution in [3.63, 3.8) is 0 Å². The minimum atomic E-state index is -0.347. The molecule has 1 unspecified atom stereocenters. The first-order valence-corrected chi connectivity index (χ1v) is 5.26. The van der Waals surface area contributed by atoms with Crippen LogP contribution in [0.5, 0.6) is 0 Å². The normalized spacial score (nSPS) is 27.1. The van der Waals surface area contributed by atoms with Crippen LogP contribution < -0.4 is 0 Å². The molecule has 1 atom stereocenters. The van der Waals surface area contributed by atoms with E-state index in [0.29, 0.717) is 17.2 Å². The van der Waals surface area contributed by atoms with Gasteiger partial charge in [0.15, 0.2) is 5.78 Å². The lowest BCUT2D eigenvalue weighted by Gasteiger charge is -2.34. The second-order valence-corrected chi connectivity index (χ2v) is 5.06. The Morgan fingerprint density at radius 1 is 1.53 bits per heavy atom. The summed E-state index contributed by atoms with van der Waals surface area (Å²) in [6.07, 6.45) is 0.861. The topological polar surface area (TPSA) is 49.7 Å². The second kappa shape index (κ2) is 3.80. The quantitative estimate of drug-likeness (QED) is 0.410. The average molecular weight is 209 g/mol. The molecule has 0 fully saturated rings. The van der Waals surface area contributed by atoms with Gasteiger partial charge in [0.25, 0.3) is 0 Å². The van der Waals surface area contributed by atoms with Crippen LogP contribution in [-0.2, 0) is 4.79 Å². The molecule has 0 bridgehead atoms. The van der Waals surface area contributed by atoms with E-state index in [-0.39, 0.29) is 11.2 Å². The van der Waals surface area contributed by atoms with Crippen molar-refractivity contribution in [2.75, 3.05) is 0 Å². The van der Waals surface area contributed by atoms with Gasteiger partial charge in [0.1, 0.15) is 0 Å². The van der Waals surface area contributed by atoms with Crippen molar-refractivity contribution in [3.05, 3.63) is 11.1 Å². The van der Waals surface area contributed by atoms with Crippen molar-refractivity contribution >= 4 is 11.5 Å². The third kappa shape index (κ3) is 1.96. The predicted octanol–water partition coefficient (Wildman–Crippen LogP) is 2.79. The maximum atomic E-state index is 12.2. The molecular weight excluding hydrogens is 190 g/mol. The van der Waals surface area contributed by atoms with Crippen molar-refractivity contribution in [1.29, 1.82) is 0 Å². The van der Waals surface area contributed by atoms with Crippen LogP contribution in [0.4, 0.5) is 0 Å². The van der Waals surface area contributed by atoms with Gasteiger partial charge in [0.05, 0.1) is 5.71 Å². The Balaban J connectivity index is 3.31. The maximum Gasteiger partial charge on any atom is 0.170 e. The molecule has 0 aromatic heterocycles. The molecule has 0 heterocycles. The van der Waals surface area contributed by atoms with Crippen LogP contribution >= 0.6 is 0 Å². The summed E-state index contributed by atoms with van der Waals surface area (Å²) < 4.78 is 0. The molecule has 1 aliphatic carbocycles. The smallest absolute Gasteiger partial charge is 0.170 e. The van der Waals surface area contributed by atoms with Gasteiger partial charge in [-0.25, -0.2) is 0 Å². The molecule has 0 aliphatic heterocycles. The lowest BCUT2D eigenvalue weighted by atomic mass is 9.68. The molecule has 0 saturated carbocycles. The number of hydrogen-bond acceptors (Lipinski definition) is 3. The molecule has 1 rings (SSSR count). The highest BCUT2D eigenvalue weighted by Crippen LogP contribution is 2.39. The molecular formula is C12H19NO2. The molecule has 1 N–H and O–H groups in total. The molecule has 3 nitrogen and oxygen atoms in total. The van der Waals surface area contributed by atoms with E-state index in [4.69, 9.17) is 5.21 Å². The molecule has 0 spiro atoms. The first-order chi connectivity index (χ1) is 6.81. The van der Waals surface area contributed by atoms with Crippen molar-refractivity contribution in [2.24, 2.45) is 16.5 Å². The Hall–Kier alpha value is -1.12. The highest BCUT2D eigenvalue weighted by Gasteiger charge is 2.38. The van der Waals surface area contributed by atoms with Gasteiger partial charge >= 0.3 is 0 Å². The minimum Gasteiger partial charge on any atom is -0.411 e. The molecule has 0 radical (unpaired) electrons. The minimum absolute atomic E-state index is 0.0911. The van der Waals surface area contributed by atoms with E-state index >= 15 is 0 Å². The lowest BCUT2D eigenvalue weighted by Crippen LogP contribution is -2.36. The first kappa shape index (κ1) is 12.0. The van der Waals surface area contributed by atoms with E-state index in [1.54, 1.807) is 6.92 Å². The monoisotopic (exact) mass is 209 g/mol. The number of nitrogens with zero attached hydrogens (tertiary/aromatic N) is 1. The number of ketones is 1. The van der Waals surface area contributed by atoms with Crippen LogP contribution in [0.1, 0.15) is 41.0 Å². The van der Waals surface area contributed by atoms with E-state index in [0.717, 1.165) is 12.0 Å². The largest absolute Gasteiger partial charge is 0.411 e. The van der Waals surface area contributed by atoms with E-state index < -0.39 is 0 Å². The maximum absolute atomic E-state index is 12.2. The van der Waals surface area contributed by atoms with Gasteiger partial charge in [-0.3, -0.25) is 4.79 Å². The Bertz CT molecular complexity index is 351. The summed E-state index contributed by atoms with van der Waals surface area (Å²) in [5.74, 6) is 0.456. The van der Waals surface area contributed by atoms with Gasteiger partial charge in [-0.15, -0.1) is 0 Å². The summed E-state index contributed by atoms with van der Waals surface area (Å²) in [7, 11) is 0. The van der Waals surface area contributed by atoms with Gasteiger partial charge in [-0.05, 0) is 26.2 Å². The molecule has 0 aromatic rings. The van der Waals surface area contributed by atoms with Gasteiger partial charge in [-0.1, -0.05) is 31.5 Å². The highest BCUT2D eigenvalue weighted by molar-refractivity contribution is 6.24. The van der Waals surface area contributed by atoms with Gasteiger partial charge in [-0.2, -0.15) is 0 Å². The fourth-order valence-corrected chi connectivity index (χ4v) is 2.27. The number of oxime groups is 1. The van der Waals surface area contributed by atoms with E-state index in [2.05, 4.69) is 12.1 Å². The average Bonchev–Trinajstić information content (AvgIpc) is 2.14. The van der Waals surface area contributed by atoms with Crippen LogP contribution in [0.3, 0.4) is 0 Å². The number of Topliss-reactive ketones (excluding diaryl/α,β-unsaturated/α-hetero) is 1. The zero-order valence-corrected chi connectivity index (χ0v) is 10.1. The van der Waals surface area contributed by atoms with Crippen LogP contribution in [0.2, 0.25) is 0 Å². The fraction of sp³-hybridized carbons (Fsp3) is 0.667. The first-order valence-electron chi connectivity index (χ1n) is 5.26. The number of carbonyl (C=O) groups excluding carboxylic acids is 1. The van der Waals surface area contributed by atoms with Crippen LogP contribution in [-0.4, -0.2) is 16.7 Å². The van der Waals surface area contributed by atoms with Crippen LogP contribution in [0, 0.1) is 11.3 Å². The van der Waals surface area contributed by atoms with Crippen molar-refractivity contribution < 1.29 is 10.0 Å². The molecule has 15 heavy (non-hydrogen) atoms. The zero-order chi connectivity index (χ0) is 11.8. The number of hydrogen-bond donors (Lipinski definition) is 1. The molecule has 0 aromatic carbocycles. The third-order valence-electron chi connectivity index (χ3n) is 3.30. The summed E-state index contributed by atoms with van der Waals surface area (Å²) in [5, 5.41) is 11.9. The van der Waals surface area contributed by atoms with Gasteiger partial charge in [0, 0.05) is 11.0 Å². The summed E-state index contributed by atoms with van der Waals surface area (Å²) >= 11 is 0. The molecule has 1 aliphatic rings. The van der Waals surface area contributed by atoms with Gasteiger partial charge < -0.3 is 5.21 Å². The molecule has 3 heteroatoms. The summed E-state index contributed by atoms with van der Waals surface area (Å²) in [6.45, 7) is 9.62. The molecule has 0 amide bonds. The van der Waals surface area contributed by atoms with Gasteiger partial charge in [0.2, 0.25) is 0 Å². The third-order valence-corrected chi connectivity index (χ3v) is 3.30. The summed E-state index contributed by atoms with van der Waals surface area (Å²) in [4.78, 5) is 12.2.